The molecule has 1 unspecified atom stereocenters. The van der Waals surface area contributed by atoms with Gasteiger partial charge in [-0.3, -0.25) is 14.9 Å². The van der Waals surface area contributed by atoms with Crippen LogP contribution in [0.1, 0.15) is 43.4 Å². The third kappa shape index (κ3) is 7.84. The number of nitrogens with one attached hydrogen (secondary N) is 2. The summed E-state index contributed by atoms with van der Waals surface area (Å²) in [5, 5.41) is 15.9. The number of nitrogens with zero attached hydrogens (tertiary/aromatic N) is 4. The number of nitriles is 1. The van der Waals surface area contributed by atoms with Crippen LogP contribution in [0.2, 0.25) is 0 Å². The molecule has 0 aliphatic carbocycles. The van der Waals surface area contributed by atoms with Crippen LogP contribution in [0.3, 0.4) is 0 Å². The number of hydrogen-bond acceptors (Lipinski definition) is 5. The van der Waals surface area contributed by atoms with Crippen molar-refractivity contribution in [3.8, 4) is 6.19 Å². The van der Waals surface area contributed by atoms with E-state index in [1.165, 1.54) is 5.56 Å². The first kappa shape index (κ1) is 27.7. The standard InChI is InChI=1S/C30H36N6O3/c1-22-18-24-19-25(14-15-27(24)39-22)33-30(32-21-31)34-26-13-7-9-17-36(29(26)38)20-28(37)35(2)16-8-6-12-23-10-4-3-5-11-23/h3-5,10-11,14-15,18-19,26H,6-9,12-13,16-17,20H2,1-2H3,(H2,32,33,34). The lowest BCUT2D eigenvalue weighted by molar-refractivity contribution is -0.140. The summed E-state index contributed by atoms with van der Waals surface area (Å²) >= 11 is 0. The Morgan fingerprint density at radius 2 is 2.00 bits per heavy atom. The number of guanidine groups is 1. The minimum absolute atomic E-state index is 0.0327. The van der Waals surface area contributed by atoms with Crippen LogP contribution in [0.5, 0.6) is 0 Å². The number of hydrogen-bond donors (Lipinski definition) is 2. The minimum atomic E-state index is -0.681. The fourth-order valence-corrected chi connectivity index (χ4v) is 4.79. The molecule has 0 bridgehead atoms. The van der Waals surface area contributed by atoms with E-state index in [1.807, 2.05) is 55.6 Å². The number of amides is 2. The third-order valence-electron chi connectivity index (χ3n) is 6.92. The maximum absolute atomic E-state index is 13.4. The number of likely N-dealkylation sites (N-methyl/N-ethyl adjacent to an activating group) is 1. The Bertz CT molecular complexity index is 1340. The first-order valence-corrected chi connectivity index (χ1v) is 13.5. The van der Waals surface area contributed by atoms with Gasteiger partial charge in [0.25, 0.3) is 0 Å². The predicted molar refractivity (Wildman–Crippen MR) is 152 cm³/mol. The number of anilines is 1. The largest absolute Gasteiger partial charge is 0.461 e. The molecule has 204 valence electrons. The SMILES string of the molecule is Cc1cc2cc(NC(=NC3CCCCN(CC(=O)N(C)CCCCc4ccccc4)C3=O)NC#N)ccc2o1. The average Bonchev–Trinajstić information content (AvgIpc) is 3.22. The zero-order chi connectivity index (χ0) is 27.6. The highest BCUT2D eigenvalue weighted by Gasteiger charge is 2.29. The van der Waals surface area contributed by atoms with Gasteiger partial charge in [0.2, 0.25) is 17.8 Å². The Kier molecular flexibility index (Phi) is 9.57. The number of carbonyl (C=O) groups excluding carboxylic acids is 2. The summed E-state index contributed by atoms with van der Waals surface area (Å²) in [4.78, 5) is 34.2. The molecule has 9 nitrogen and oxygen atoms in total. The summed E-state index contributed by atoms with van der Waals surface area (Å²) in [5.74, 6) is 0.727. The molecule has 2 heterocycles. The molecule has 1 fully saturated rings. The van der Waals surface area contributed by atoms with Gasteiger partial charge in [-0.1, -0.05) is 30.3 Å². The van der Waals surface area contributed by atoms with Gasteiger partial charge in [0.15, 0.2) is 6.19 Å². The van der Waals surface area contributed by atoms with E-state index < -0.39 is 6.04 Å². The zero-order valence-corrected chi connectivity index (χ0v) is 22.7. The van der Waals surface area contributed by atoms with E-state index in [1.54, 1.807) is 16.8 Å². The first-order valence-electron chi connectivity index (χ1n) is 13.5. The average molecular weight is 529 g/mol. The number of furan rings is 1. The Morgan fingerprint density at radius 3 is 2.79 bits per heavy atom. The third-order valence-corrected chi connectivity index (χ3v) is 6.92. The molecule has 0 saturated carbocycles. The zero-order valence-electron chi connectivity index (χ0n) is 22.7. The van der Waals surface area contributed by atoms with E-state index in [4.69, 9.17) is 4.42 Å². The fourth-order valence-electron chi connectivity index (χ4n) is 4.79. The van der Waals surface area contributed by atoms with Gasteiger partial charge < -0.3 is 19.5 Å². The molecule has 0 spiro atoms. The predicted octanol–water partition coefficient (Wildman–Crippen LogP) is 4.44. The molecule has 1 aromatic heterocycles. The number of unbranched alkanes of at least 4 members (excludes halogenated alkanes) is 1. The summed E-state index contributed by atoms with van der Waals surface area (Å²) in [5.41, 5.74) is 2.78. The summed E-state index contributed by atoms with van der Waals surface area (Å²) in [7, 11) is 1.79. The van der Waals surface area contributed by atoms with E-state index in [0.717, 1.165) is 48.8 Å². The Balaban J connectivity index is 1.35. The number of aliphatic imine (C=N–C) groups is 1. The molecule has 2 N–H and O–H groups in total. The lowest BCUT2D eigenvalue weighted by atomic mass is 10.1. The van der Waals surface area contributed by atoms with Crippen LogP contribution >= 0.6 is 0 Å². The smallest absolute Gasteiger partial charge is 0.247 e. The van der Waals surface area contributed by atoms with Crippen LogP contribution in [0.15, 0.2) is 64.0 Å². The van der Waals surface area contributed by atoms with E-state index in [9.17, 15) is 14.9 Å². The maximum Gasteiger partial charge on any atom is 0.247 e. The van der Waals surface area contributed by atoms with E-state index in [-0.39, 0.29) is 24.3 Å². The highest BCUT2D eigenvalue weighted by molar-refractivity contribution is 5.98. The molecule has 39 heavy (non-hydrogen) atoms. The second-order valence-corrected chi connectivity index (χ2v) is 9.98. The van der Waals surface area contributed by atoms with Gasteiger partial charge in [-0.15, -0.1) is 0 Å². The molecule has 1 aliphatic rings. The molecule has 1 atom stereocenters. The molecule has 2 amide bonds. The summed E-state index contributed by atoms with van der Waals surface area (Å²) in [6.45, 7) is 3.08. The topological polar surface area (TPSA) is 114 Å². The summed E-state index contributed by atoms with van der Waals surface area (Å²) < 4.78 is 5.62. The lowest BCUT2D eigenvalue weighted by Gasteiger charge is -2.25. The normalized spacial score (nSPS) is 16.0. The maximum atomic E-state index is 13.4. The second kappa shape index (κ2) is 13.5. The number of aryl methyl sites for hydroxylation is 2. The van der Waals surface area contributed by atoms with Crippen molar-refractivity contribution in [2.24, 2.45) is 4.99 Å². The van der Waals surface area contributed by atoms with Crippen molar-refractivity contribution in [3.05, 3.63) is 65.9 Å². The van der Waals surface area contributed by atoms with Crippen LogP contribution in [0.4, 0.5) is 5.69 Å². The van der Waals surface area contributed by atoms with Gasteiger partial charge >= 0.3 is 0 Å². The molecular formula is C30H36N6O3. The lowest BCUT2D eigenvalue weighted by Crippen LogP contribution is -2.45. The van der Waals surface area contributed by atoms with Crippen molar-refractivity contribution in [2.75, 3.05) is 32.0 Å². The molecule has 2 aromatic carbocycles. The highest BCUT2D eigenvalue weighted by Crippen LogP contribution is 2.23. The Hall–Kier alpha value is -4.32. The molecular weight excluding hydrogens is 492 g/mol. The number of fused-ring (bicyclic) bond motifs is 1. The van der Waals surface area contributed by atoms with Gasteiger partial charge in [0.05, 0.1) is 6.54 Å². The quantitative estimate of drug-likeness (QED) is 0.140. The molecule has 0 radical (unpaired) electrons. The second-order valence-electron chi connectivity index (χ2n) is 9.98. The molecule has 3 aromatic rings. The van der Waals surface area contributed by atoms with E-state index in [0.29, 0.717) is 25.2 Å². The van der Waals surface area contributed by atoms with Crippen molar-refractivity contribution in [1.82, 2.24) is 15.1 Å². The summed E-state index contributed by atoms with van der Waals surface area (Å²) in [6.07, 6.45) is 6.93. The van der Waals surface area contributed by atoms with Crippen LogP contribution < -0.4 is 10.6 Å². The number of rotatable bonds is 9. The van der Waals surface area contributed by atoms with Crippen molar-refractivity contribution in [2.45, 2.75) is 51.5 Å². The van der Waals surface area contributed by atoms with Gasteiger partial charge in [-0.25, -0.2) is 4.99 Å². The molecule has 1 saturated heterocycles. The summed E-state index contributed by atoms with van der Waals surface area (Å²) in [6, 6.07) is 17.1. The number of carbonyl (C=O) groups is 2. The van der Waals surface area contributed by atoms with Crippen molar-refractivity contribution >= 4 is 34.4 Å². The van der Waals surface area contributed by atoms with Crippen LogP contribution in [0, 0.1) is 18.4 Å². The van der Waals surface area contributed by atoms with Crippen LogP contribution in [-0.4, -0.2) is 60.3 Å². The molecule has 9 heteroatoms. The van der Waals surface area contributed by atoms with Gasteiger partial charge in [-0.2, -0.15) is 5.26 Å². The number of benzene rings is 2. The number of likely N-dealkylation sites (tertiary alicyclic amines) is 1. The minimum Gasteiger partial charge on any atom is -0.461 e. The molecule has 4 rings (SSSR count). The van der Waals surface area contributed by atoms with Gasteiger partial charge in [-0.05, 0) is 75.3 Å². The van der Waals surface area contributed by atoms with Crippen LogP contribution in [0.25, 0.3) is 11.0 Å². The van der Waals surface area contributed by atoms with Crippen molar-refractivity contribution < 1.29 is 14.0 Å². The van der Waals surface area contributed by atoms with Crippen molar-refractivity contribution in [1.29, 1.82) is 5.26 Å². The highest BCUT2D eigenvalue weighted by atomic mass is 16.3. The Morgan fingerprint density at radius 1 is 1.18 bits per heavy atom. The van der Waals surface area contributed by atoms with Crippen LogP contribution in [-0.2, 0) is 16.0 Å². The molecule has 1 aliphatic heterocycles. The van der Waals surface area contributed by atoms with Gasteiger partial charge in [0, 0.05) is 31.2 Å². The Labute approximate surface area is 229 Å². The monoisotopic (exact) mass is 528 g/mol. The van der Waals surface area contributed by atoms with E-state index >= 15 is 0 Å². The van der Waals surface area contributed by atoms with E-state index in [2.05, 4.69) is 27.8 Å². The first-order chi connectivity index (χ1) is 18.9. The van der Waals surface area contributed by atoms with Crippen molar-refractivity contribution in [3.63, 3.8) is 0 Å². The fraction of sp³-hybridized carbons (Fsp3) is 0.400. The van der Waals surface area contributed by atoms with Gasteiger partial charge in [0.1, 0.15) is 17.4 Å².